The van der Waals surface area contributed by atoms with Crippen molar-refractivity contribution < 1.29 is 35.7 Å². The van der Waals surface area contributed by atoms with Crippen molar-refractivity contribution in [1.29, 1.82) is 0 Å². The first-order chi connectivity index (χ1) is 12.4. The van der Waals surface area contributed by atoms with Gasteiger partial charge >= 0.3 is 6.36 Å². The predicted molar refractivity (Wildman–Crippen MR) is 90.6 cm³/mol. The number of hydrogen-bond acceptors (Lipinski definition) is 4. The van der Waals surface area contributed by atoms with Gasteiger partial charge in [-0.3, -0.25) is 9.35 Å². The molecule has 0 spiro atoms. The van der Waals surface area contributed by atoms with Gasteiger partial charge in [-0.1, -0.05) is 30.3 Å². The van der Waals surface area contributed by atoms with Crippen molar-refractivity contribution in [1.82, 2.24) is 4.90 Å². The third-order valence-electron chi connectivity index (χ3n) is 3.43. The van der Waals surface area contributed by atoms with Gasteiger partial charge in [-0.05, 0) is 29.3 Å². The van der Waals surface area contributed by atoms with E-state index in [1.807, 2.05) is 18.2 Å². The van der Waals surface area contributed by atoms with Crippen LogP contribution in [0.4, 0.5) is 13.2 Å². The summed E-state index contributed by atoms with van der Waals surface area (Å²) in [7, 11) is -3.67. The SMILES string of the molecule is CS(=O)(=O)O.O=C1c2ccccc2CN1Cc1ccc(OC(F)(F)F)cc1. The van der Waals surface area contributed by atoms with Gasteiger partial charge in [0.25, 0.3) is 16.0 Å². The van der Waals surface area contributed by atoms with Crippen molar-refractivity contribution in [3.05, 3.63) is 65.2 Å². The Bertz CT molecular complexity index is 903. The Morgan fingerprint density at radius 3 is 2.19 bits per heavy atom. The van der Waals surface area contributed by atoms with Crippen LogP contribution in [0.3, 0.4) is 0 Å². The van der Waals surface area contributed by atoms with Crippen molar-refractivity contribution in [2.75, 3.05) is 6.26 Å². The number of halogens is 3. The normalized spacial score (nSPS) is 13.7. The maximum atomic E-state index is 12.2. The fourth-order valence-corrected chi connectivity index (χ4v) is 2.46. The van der Waals surface area contributed by atoms with Crippen molar-refractivity contribution in [2.24, 2.45) is 0 Å². The summed E-state index contributed by atoms with van der Waals surface area (Å²) in [5, 5.41) is 0. The molecule has 1 heterocycles. The molecule has 2 aromatic carbocycles. The number of hydrogen-bond donors (Lipinski definition) is 1. The molecule has 0 aliphatic carbocycles. The number of rotatable bonds is 3. The molecule has 0 atom stereocenters. The Kier molecular flexibility index (Phi) is 6.11. The molecule has 146 valence electrons. The molecule has 0 unspecified atom stereocenters. The second kappa shape index (κ2) is 7.97. The number of benzene rings is 2. The maximum Gasteiger partial charge on any atom is 0.573 e. The van der Waals surface area contributed by atoms with Gasteiger partial charge in [-0.25, -0.2) is 0 Å². The lowest BCUT2D eigenvalue weighted by atomic mass is 10.1. The van der Waals surface area contributed by atoms with Crippen LogP contribution in [0.15, 0.2) is 48.5 Å². The first kappa shape index (κ1) is 20.7. The minimum Gasteiger partial charge on any atom is -0.406 e. The topological polar surface area (TPSA) is 83.9 Å². The summed E-state index contributed by atoms with van der Waals surface area (Å²) in [4.78, 5) is 13.9. The van der Waals surface area contributed by atoms with Gasteiger partial charge in [0.05, 0.1) is 6.26 Å². The third kappa shape index (κ3) is 6.91. The first-order valence-electron chi connectivity index (χ1n) is 7.57. The molecule has 0 aromatic heterocycles. The lowest BCUT2D eigenvalue weighted by Crippen LogP contribution is -2.23. The predicted octanol–water partition coefficient (Wildman–Crippen LogP) is 3.25. The fraction of sp³-hybridized carbons (Fsp3) is 0.235. The van der Waals surface area contributed by atoms with Crippen molar-refractivity contribution >= 4 is 16.0 Å². The van der Waals surface area contributed by atoms with Crippen LogP contribution >= 0.6 is 0 Å². The van der Waals surface area contributed by atoms with Crippen molar-refractivity contribution in [3.8, 4) is 5.75 Å². The summed E-state index contributed by atoms with van der Waals surface area (Å²) in [6.07, 6.45) is -3.99. The van der Waals surface area contributed by atoms with Crippen LogP contribution in [0.25, 0.3) is 0 Å². The van der Waals surface area contributed by atoms with Gasteiger partial charge in [0.15, 0.2) is 0 Å². The Hall–Kier alpha value is -2.59. The Labute approximate surface area is 153 Å². The number of alkyl halides is 3. The second-order valence-corrected chi connectivity index (χ2v) is 7.21. The summed E-state index contributed by atoms with van der Waals surface area (Å²) in [5.41, 5.74) is 2.39. The van der Waals surface area contributed by atoms with E-state index in [1.54, 1.807) is 11.0 Å². The van der Waals surface area contributed by atoms with Gasteiger partial charge in [-0.2, -0.15) is 8.42 Å². The molecular formula is C17H16F3NO5S. The second-order valence-electron chi connectivity index (χ2n) is 5.74. The highest BCUT2D eigenvalue weighted by Gasteiger charge is 2.31. The average molecular weight is 403 g/mol. The number of ether oxygens (including phenoxy) is 1. The molecule has 1 N–H and O–H groups in total. The van der Waals surface area contributed by atoms with E-state index in [0.717, 1.165) is 11.1 Å². The zero-order chi connectivity index (χ0) is 20.2. The van der Waals surface area contributed by atoms with E-state index in [1.165, 1.54) is 24.3 Å². The average Bonchev–Trinajstić information content (AvgIpc) is 2.83. The van der Waals surface area contributed by atoms with E-state index in [0.29, 0.717) is 24.9 Å². The highest BCUT2D eigenvalue weighted by molar-refractivity contribution is 7.85. The van der Waals surface area contributed by atoms with Gasteiger partial charge in [0.1, 0.15) is 5.75 Å². The summed E-state index contributed by atoms with van der Waals surface area (Å²) < 4.78 is 66.0. The van der Waals surface area contributed by atoms with Crippen molar-refractivity contribution in [3.63, 3.8) is 0 Å². The number of amides is 1. The molecule has 0 saturated carbocycles. The minimum atomic E-state index is -4.70. The zero-order valence-corrected chi connectivity index (χ0v) is 14.9. The third-order valence-corrected chi connectivity index (χ3v) is 3.43. The van der Waals surface area contributed by atoms with Crippen LogP contribution in [0.2, 0.25) is 0 Å². The fourth-order valence-electron chi connectivity index (χ4n) is 2.46. The Morgan fingerprint density at radius 1 is 1.11 bits per heavy atom. The number of nitrogens with zero attached hydrogens (tertiary/aromatic N) is 1. The maximum absolute atomic E-state index is 12.2. The van der Waals surface area contributed by atoms with E-state index in [-0.39, 0.29) is 11.7 Å². The molecule has 10 heteroatoms. The molecule has 0 saturated heterocycles. The van der Waals surface area contributed by atoms with Crippen LogP contribution in [0.5, 0.6) is 5.75 Å². The van der Waals surface area contributed by atoms with Crippen LogP contribution in [0.1, 0.15) is 21.5 Å². The summed E-state index contributed by atoms with van der Waals surface area (Å²) in [6.45, 7) is 0.857. The first-order valence-corrected chi connectivity index (χ1v) is 9.41. The zero-order valence-electron chi connectivity index (χ0n) is 14.1. The molecule has 1 amide bonds. The molecule has 1 aliphatic rings. The number of carbonyl (C=O) groups excluding carboxylic acids is 1. The summed E-state index contributed by atoms with van der Waals surface area (Å²) in [5.74, 6) is -0.335. The van der Waals surface area contributed by atoms with Crippen LogP contribution < -0.4 is 4.74 Å². The largest absolute Gasteiger partial charge is 0.573 e. The molecule has 27 heavy (non-hydrogen) atoms. The van der Waals surface area contributed by atoms with Crippen LogP contribution in [-0.4, -0.2) is 36.4 Å². The van der Waals surface area contributed by atoms with Crippen LogP contribution in [0, 0.1) is 0 Å². The molecule has 6 nitrogen and oxygen atoms in total. The van der Waals surface area contributed by atoms with Gasteiger partial charge in [-0.15, -0.1) is 13.2 Å². The van der Waals surface area contributed by atoms with Gasteiger partial charge < -0.3 is 9.64 Å². The van der Waals surface area contributed by atoms with E-state index >= 15 is 0 Å². The molecule has 2 aromatic rings. The Balaban J connectivity index is 0.000000465. The number of carbonyl (C=O) groups is 1. The number of fused-ring (bicyclic) bond motifs is 1. The molecule has 1 aliphatic heterocycles. The molecule has 0 bridgehead atoms. The molecular weight excluding hydrogens is 387 g/mol. The smallest absolute Gasteiger partial charge is 0.406 e. The van der Waals surface area contributed by atoms with Gasteiger partial charge in [0.2, 0.25) is 0 Å². The lowest BCUT2D eigenvalue weighted by Gasteiger charge is -2.16. The van der Waals surface area contributed by atoms with Crippen molar-refractivity contribution in [2.45, 2.75) is 19.5 Å². The molecule has 3 rings (SSSR count). The van der Waals surface area contributed by atoms with E-state index in [9.17, 15) is 26.4 Å². The molecule has 0 radical (unpaired) electrons. The minimum absolute atomic E-state index is 0.0637. The standard InChI is InChI=1S/C16H12F3NO2.CH4O3S/c17-16(18,19)22-13-7-5-11(6-8-13)9-20-10-12-3-1-2-4-14(12)15(20)21;1-5(2,3)4/h1-8H,9-10H2;1H3,(H,2,3,4). The summed E-state index contributed by atoms with van der Waals surface area (Å²) >= 11 is 0. The summed E-state index contributed by atoms with van der Waals surface area (Å²) in [6, 6.07) is 12.9. The Morgan fingerprint density at radius 2 is 1.67 bits per heavy atom. The monoisotopic (exact) mass is 403 g/mol. The van der Waals surface area contributed by atoms with E-state index in [2.05, 4.69) is 4.74 Å². The quantitative estimate of drug-likeness (QED) is 0.796. The molecule has 0 fully saturated rings. The highest BCUT2D eigenvalue weighted by atomic mass is 32.2. The van der Waals surface area contributed by atoms with E-state index < -0.39 is 16.5 Å². The lowest BCUT2D eigenvalue weighted by molar-refractivity contribution is -0.274. The van der Waals surface area contributed by atoms with Crippen LogP contribution in [-0.2, 0) is 23.2 Å². The van der Waals surface area contributed by atoms with E-state index in [4.69, 9.17) is 4.55 Å². The highest BCUT2D eigenvalue weighted by Crippen LogP contribution is 2.26. The van der Waals surface area contributed by atoms with Gasteiger partial charge in [0, 0.05) is 18.7 Å².